The van der Waals surface area contributed by atoms with E-state index < -0.39 is 0 Å². The van der Waals surface area contributed by atoms with E-state index in [9.17, 15) is 0 Å². The molecular formula is C13H19N7O. The Bertz CT molecular complexity index is 601. The molecule has 0 amide bonds. The number of rotatable bonds is 4. The number of imidazole rings is 1. The molecule has 112 valence electrons. The van der Waals surface area contributed by atoms with Crippen LogP contribution in [-0.2, 0) is 4.74 Å². The van der Waals surface area contributed by atoms with Crippen molar-refractivity contribution in [1.82, 2.24) is 24.5 Å². The largest absolute Gasteiger partial charge is 0.376 e. The summed E-state index contributed by atoms with van der Waals surface area (Å²) < 4.78 is 7.38. The maximum Gasteiger partial charge on any atom is 0.241 e. The summed E-state index contributed by atoms with van der Waals surface area (Å²) in [5.41, 5.74) is 0. The molecule has 2 unspecified atom stereocenters. The van der Waals surface area contributed by atoms with Crippen LogP contribution in [0.5, 0.6) is 0 Å². The molecule has 2 aromatic heterocycles. The van der Waals surface area contributed by atoms with E-state index in [0.717, 1.165) is 13.0 Å². The van der Waals surface area contributed by atoms with E-state index in [1.807, 2.05) is 7.05 Å². The molecule has 1 aliphatic rings. The minimum Gasteiger partial charge on any atom is -0.376 e. The lowest BCUT2D eigenvalue weighted by atomic mass is 10.1. The smallest absolute Gasteiger partial charge is 0.241 e. The number of hydrogen-bond acceptors (Lipinski definition) is 7. The lowest BCUT2D eigenvalue weighted by Crippen LogP contribution is -2.38. The fourth-order valence-corrected chi connectivity index (χ4v) is 2.49. The van der Waals surface area contributed by atoms with Crippen molar-refractivity contribution in [2.45, 2.75) is 25.5 Å². The van der Waals surface area contributed by atoms with Gasteiger partial charge in [-0.15, -0.1) is 0 Å². The summed E-state index contributed by atoms with van der Waals surface area (Å²) in [7, 11) is 3.78. The Morgan fingerprint density at radius 1 is 1.38 bits per heavy atom. The normalized spacial score (nSPS) is 21.5. The summed E-state index contributed by atoms with van der Waals surface area (Å²) in [5, 5.41) is 2.97. The summed E-state index contributed by atoms with van der Waals surface area (Å²) in [4.78, 5) is 19.4. The van der Waals surface area contributed by atoms with Crippen LogP contribution in [0.25, 0.3) is 5.95 Å². The Kier molecular flexibility index (Phi) is 3.70. The van der Waals surface area contributed by atoms with Gasteiger partial charge in [0, 0.05) is 33.1 Å². The molecule has 0 saturated carbocycles. The SMILES string of the molecule is CNc1nc(N(C)C2CCOC2C)nc(-n2ccnc2)n1. The zero-order chi connectivity index (χ0) is 14.8. The number of hydrogen-bond donors (Lipinski definition) is 1. The first-order chi connectivity index (χ1) is 10.2. The number of likely N-dealkylation sites (N-methyl/N-ethyl adjacent to an activating group) is 1. The van der Waals surface area contributed by atoms with Crippen LogP contribution in [0.3, 0.4) is 0 Å². The van der Waals surface area contributed by atoms with E-state index in [2.05, 4.69) is 37.1 Å². The zero-order valence-electron chi connectivity index (χ0n) is 12.4. The van der Waals surface area contributed by atoms with Crippen LogP contribution in [-0.4, -0.2) is 57.4 Å². The Balaban J connectivity index is 1.96. The third kappa shape index (κ3) is 2.66. The predicted octanol–water partition coefficient (Wildman–Crippen LogP) is 0.713. The maximum atomic E-state index is 5.62. The van der Waals surface area contributed by atoms with Gasteiger partial charge in [0.1, 0.15) is 6.33 Å². The fraction of sp³-hybridized carbons (Fsp3) is 0.538. The molecular weight excluding hydrogens is 270 g/mol. The van der Waals surface area contributed by atoms with Gasteiger partial charge in [0.25, 0.3) is 0 Å². The average Bonchev–Trinajstić information content (AvgIpc) is 3.17. The second-order valence-electron chi connectivity index (χ2n) is 5.02. The minimum absolute atomic E-state index is 0.168. The molecule has 2 aromatic rings. The van der Waals surface area contributed by atoms with Crippen molar-refractivity contribution in [2.24, 2.45) is 0 Å². The highest BCUT2D eigenvalue weighted by atomic mass is 16.5. The van der Waals surface area contributed by atoms with Crippen molar-refractivity contribution in [3.05, 3.63) is 18.7 Å². The van der Waals surface area contributed by atoms with Crippen molar-refractivity contribution in [3.63, 3.8) is 0 Å². The monoisotopic (exact) mass is 289 g/mol. The molecule has 8 nitrogen and oxygen atoms in total. The van der Waals surface area contributed by atoms with Crippen LogP contribution in [0.1, 0.15) is 13.3 Å². The lowest BCUT2D eigenvalue weighted by molar-refractivity contribution is 0.118. The molecule has 0 bridgehead atoms. The van der Waals surface area contributed by atoms with Gasteiger partial charge >= 0.3 is 0 Å². The van der Waals surface area contributed by atoms with Crippen LogP contribution in [0.15, 0.2) is 18.7 Å². The highest BCUT2D eigenvalue weighted by molar-refractivity contribution is 5.40. The Hall–Kier alpha value is -2.22. The second kappa shape index (κ2) is 5.65. The number of anilines is 2. The van der Waals surface area contributed by atoms with Crippen LogP contribution in [0, 0.1) is 0 Å². The predicted molar refractivity (Wildman–Crippen MR) is 78.7 cm³/mol. The van der Waals surface area contributed by atoms with Gasteiger partial charge in [-0.2, -0.15) is 15.0 Å². The minimum atomic E-state index is 0.168. The molecule has 0 aromatic carbocycles. The topological polar surface area (TPSA) is 81.0 Å². The van der Waals surface area contributed by atoms with E-state index in [1.54, 1.807) is 30.3 Å². The third-order valence-corrected chi connectivity index (χ3v) is 3.72. The summed E-state index contributed by atoms with van der Waals surface area (Å²) in [6.07, 6.45) is 6.30. The molecule has 2 atom stereocenters. The van der Waals surface area contributed by atoms with Gasteiger partial charge in [0.05, 0.1) is 12.1 Å². The zero-order valence-corrected chi connectivity index (χ0v) is 12.4. The Morgan fingerprint density at radius 2 is 2.24 bits per heavy atom. The molecule has 1 fully saturated rings. The molecule has 0 aliphatic carbocycles. The van der Waals surface area contributed by atoms with E-state index in [-0.39, 0.29) is 12.1 Å². The van der Waals surface area contributed by atoms with Gasteiger partial charge in [-0.05, 0) is 13.3 Å². The van der Waals surface area contributed by atoms with Crippen molar-refractivity contribution in [2.75, 3.05) is 30.9 Å². The van der Waals surface area contributed by atoms with Crippen LogP contribution in [0.4, 0.5) is 11.9 Å². The van der Waals surface area contributed by atoms with Crippen molar-refractivity contribution in [3.8, 4) is 5.95 Å². The number of aromatic nitrogens is 5. The van der Waals surface area contributed by atoms with E-state index >= 15 is 0 Å². The molecule has 1 saturated heterocycles. The molecule has 3 heterocycles. The van der Waals surface area contributed by atoms with Gasteiger partial charge in [-0.3, -0.25) is 4.57 Å². The second-order valence-corrected chi connectivity index (χ2v) is 5.02. The highest BCUT2D eigenvalue weighted by Crippen LogP contribution is 2.22. The molecule has 1 N–H and O–H groups in total. The van der Waals surface area contributed by atoms with Crippen LogP contribution >= 0.6 is 0 Å². The first-order valence-electron chi connectivity index (χ1n) is 6.95. The molecule has 0 radical (unpaired) electrons. The van der Waals surface area contributed by atoms with Gasteiger partial charge in [0.2, 0.25) is 17.8 Å². The fourth-order valence-electron chi connectivity index (χ4n) is 2.49. The van der Waals surface area contributed by atoms with Gasteiger partial charge < -0.3 is 15.0 Å². The standard InChI is InChI=1S/C13H19N7O/c1-9-10(4-7-21-9)19(3)12-16-11(14-2)17-13(18-12)20-6-5-15-8-20/h5-6,8-10H,4,7H2,1-3H3,(H,14,16,17,18). The maximum absolute atomic E-state index is 5.62. The van der Waals surface area contributed by atoms with Crippen LogP contribution in [0.2, 0.25) is 0 Å². The first kappa shape index (κ1) is 13.7. The third-order valence-electron chi connectivity index (χ3n) is 3.72. The van der Waals surface area contributed by atoms with E-state index in [1.165, 1.54) is 0 Å². The number of nitrogens with one attached hydrogen (secondary N) is 1. The lowest BCUT2D eigenvalue weighted by Gasteiger charge is -2.27. The molecule has 21 heavy (non-hydrogen) atoms. The highest BCUT2D eigenvalue weighted by Gasteiger charge is 2.29. The first-order valence-corrected chi connectivity index (χ1v) is 6.95. The van der Waals surface area contributed by atoms with E-state index in [4.69, 9.17) is 4.74 Å². The summed E-state index contributed by atoms with van der Waals surface area (Å²) in [6, 6.07) is 0.271. The molecule has 3 rings (SSSR count). The van der Waals surface area contributed by atoms with Crippen molar-refractivity contribution < 1.29 is 4.74 Å². The number of ether oxygens (including phenoxy) is 1. The van der Waals surface area contributed by atoms with Crippen molar-refractivity contribution >= 4 is 11.9 Å². The Labute approximate surface area is 123 Å². The van der Waals surface area contributed by atoms with Crippen LogP contribution < -0.4 is 10.2 Å². The molecule has 0 spiro atoms. The summed E-state index contributed by atoms with van der Waals surface area (Å²) in [6.45, 7) is 2.85. The Morgan fingerprint density at radius 3 is 2.86 bits per heavy atom. The average molecular weight is 289 g/mol. The molecule has 1 aliphatic heterocycles. The van der Waals surface area contributed by atoms with E-state index in [0.29, 0.717) is 17.8 Å². The molecule has 8 heteroatoms. The number of nitrogens with zero attached hydrogens (tertiary/aromatic N) is 6. The summed E-state index contributed by atoms with van der Waals surface area (Å²) >= 11 is 0. The van der Waals surface area contributed by atoms with Crippen molar-refractivity contribution in [1.29, 1.82) is 0 Å². The van der Waals surface area contributed by atoms with Gasteiger partial charge in [-0.1, -0.05) is 0 Å². The van der Waals surface area contributed by atoms with Gasteiger partial charge in [-0.25, -0.2) is 4.98 Å². The van der Waals surface area contributed by atoms with Gasteiger partial charge in [0.15, 0.2) is 0 Å². The quantitative estimate of drug-likeness (QED) is 0.887. The summed E-state index contributed by atoms with van der Waals surface area (Å²) in [5.74, 6) is 1.70.